The van der Waals surface area contributed by atoms with Crippen LogP contribution >= 0.6 is 22.9 Å². The highest BCUT2D eigenvalue weighted by molar-refractivity contribution is 7.23. The zero-order valence-electron chi connectivity index (χ0n) is 24.9. The Kier molecular flexibility index (Phi) is 7.13. The van der Waals surface area contributed by atoms with E-state index in [9.17, 15) is 14.0 Å². The van der Waals surface area contributed by atoms with Gasteiger partial charge in [0.25, 0.3) is 5.92 Å². The van der Waals surface area contributed by atoms with Gasteiger partial charge in [-0.3, -0.25) is 4.90 Å². The summed E-state index contributed by atoms with van der Waals surface area (Å²) in [5, 5.41) is 9.81. The predicted octanol–water partition coefficient (Wildman–Crippen LogP) is 7.24. The number of nitrogens with zero attached hydrogens (tertiary/aromatic N) is 5. The van der Waals surface area contributed by atoms with E-state index in [1.165, 1.54) is 11.0 Å². The zero-order chi connectivity index (χ0) is 32.8. The number of ether oxygens (including phenoxy) is 2. The monoisotopic (exact) mass is 690 g/mol. The van der Waals surface area contributed by atoms with Gasteiger partial charge < -0.3 is 20.1 Å². The number of fused-ring (bicyclic) bond motifs is 4. The lowest BCUT2D eigenvalue weighted by Crippen LogP contribution is -2.54. The molecule has 8 rings (SSSR count). The highest BCUT2D eigenvalue weighted by atomic mass is 35.5. The number of thiophene rings is 1. The van der Waals surface area contributed by atoms with Gasteiger partial charge in [-0.05, 0) is 37.4 Å². The van der Waals surface area contributed by atoms with Crippen molar-refractivity contribution in [3.8, 4) is 29.0 Å². The number of hydrogen-bond acceptors (Lipinski definition) is 9. The van der Waals surface area contributed by atoms with Gasteiger partial charge in [0, 0.05) is 43.3 Å². The van der Waals surface area contributed by atoms with Crippen molar-refractivity contribution in [2.75, 3.05) is 43.5 Å². The summed E-state index contributed by atoms with van der Waals surface area (Å²) in [5.74, 6) is -4.71. The SMILES string of the molecule is N#Cc1c(N)sc2c(F)ccc(-c3c(Cl)c4c5c(nc(OCC67CCCN6C[C@H](F)C7)nc5c3F)N3CCCC(F)(F)C3CCO4)c12. The summed E-state index contributed by atoms with van der Waals surface area (Å²) in [6.45, 7) is 1.09. The first-order valence-electron chi connectivity index (χ1n) is 15.5. The van der Waals surface area contributed by atoms with Crippen LogP contribution in [0.3, 0.4) is 0 Å². The maximum atomic E-state index is 17.1. The fourth-order valence-electron chi connectivity index (χ4n) is 7.96. The van der Waals surface area contributed by atoms with Crippen molar-refractivity contribution in [3.63, 3.8) is 0 Å². The minimum absolute atomic E-state index is 0.0000366. The molecule has 4 aromatic rings. The van der Waals surface area contributed by atoms with E-state index < -0.39 is 35.3 Å². The molecule has 3 saturated heterocycles. The van der Waals surface area contributed by atoms with Gasteiger partial charge in [-0.15, -0.1) is 11.3 Å². The third kappa shape index (κ3) is 4.60. The van der Waals surface area contributed by atoms with Gasteiger partial charge in [-0.2, -0.15) is 15.2 Å². The fraction of sp³-hybridized carbons (Fsp3) is 0.469. The van der Waals surface area contributed by atoms with Crippen LogP contribution in [0.25, 0.3) is 32.1 Å². The molecule has 8 nitrogen and oxygen atoms in total. The Balaban J connectivity index is 1.37. The Bertz CT molecular complexity index is 2010. The van der Waals surface area contributed by atoms with Crippen molar-refractivity contribution in [1.82, 2.24) is 14.9 Å². The third-order valence-corrected chi connectivity index (χ3v) is 11.4. The number of anilines is 2. The number of benzene rings is 2. The maximum absolute atomic E-state index is 17.1. The summed E-state index contributed by atoms with van der Waals surface area (Å²) in [5.41, 5.74) is 5.00. The number of piperidine rings is 1. The van der Waals surface area contributed by atoms with E-state index in [0.717, 1.165) is 30.4 Å². The molecule has 3 atom stereocenters. The summed E-state index contributed by atoms with van der Waals surface area (Å²) in [6, 6.07) is 2.87. The zero-order valence-corrected chi connectivity index (χ0v) is 26.5. The van der Waals surface area contributed by atoms with Crippen LogP contribution in [0.1, 0.15) is 44.1 Å². The van der Waals surface area contributed by atoms with Crippen LogP contribution in [0.2, 0.25) is 5.02 Å². The number of alkyl halides is 3. The molecular formula is C32H28ClF5N6O2S. The Morgan fingerprint density at radius 2 is 1.98 bits per heavy atom. The van der Waals surface area contributed by atoms with Gasteiger partial charge in [0.15, 0.2) is 11.6 Å². The van der Waals surface area contributed by atoms with Gasteiger partial charge in [0.2, 0.25) is 0 Å². The van der Waals surface area contributed by atoms with Gasteiger partial charge in [-0.25, -0.2) is 22.0 Å². The molecule has 3 fully saturated rings. The molecule has 4 aliphatic heterocycles. The molecule has 4 aliphatic rings. The van der Waals surface area contributed by atoms with Crippen LogP contribution < -0.4 is 20.1 Å². The summed E-state index contributed by atoms with van der Waals surface area (Å²) < 4.78 is 89.5. The fourth-order valence-corrected chi connectivity index (χ4v) is 9.25. The highest BCUT2D eigenvalue weighted by Crippen LogP contribution is 2.52. The van der Waals surface area contributed by atoms with E-state index in [4.69, 9.17) is 26.8 Å². The quantitative estimate of drug-likeness (QED) is 0.224. The molecule has 2 aromatic heterocycles. The van der Waals surface area contributed by atoms with Crippen molar-refractivity contribution in [3.05, 3.63) is 34.4 Å². The normalized spacial score (nSPS) is 25.3. The average molecular weight is 691 g/mol. The molecule has 0 bridgehead atoms. The van der Waals surface area contributed by atoms with Crippen LogP contribution in [-0.2, 0) is 0 Å². The van der Waals surface area contributed by atoms with Crippen LogP contribution in [0.5, 0.6) is 11.8 Å². The van der Waals surface area contributed by atoms with Gasteiger partial charge in [-0.1, -0.05) is 17.7 Å². The number of hydrogen-bond donors (Lipinski definition) is 1. The molecular weight excluding hydrogens is 663 g/mol. The van der Waals surface area contributed by atoms with E-state index in [-0.39, 0.29) is 111 Å². The Morgan fingerprint density at radius 3 is 2.79 bits per heavy atom. The van der Waals surface area contributed by atoms with Crippen molar-refractivity contribution >= 4 is 54.7 Å². The average Bonchev–Trinajstić information content (AvgIpc) is 3.67. The van der Waals surface area contributed by atoms with Crippen molar-refractivity contribution in [2.45, 2.75) is 62.2 Å². The summed E-state index contributed by atoms with van der Waals surface area (Å²) in [4.78, 5) is 12.5. The molecule has 2 unspecified atom stereocenters. The second-order valence-corrected chi connectivity index (χ2v) is 14.1. The molecule has 0 aliphatic carbocycles. The first-order valence-corrected chi connectivity index (χ1v) is 16.7. The number of rotatable bonds is 4. The van der Waals surface area contributed by atoms with E-state index in [1.807, 2.05) is 11.0 Å². The van der Waals surface area contributed by atoms with E-state index in [2.05, 4.69) is 9.97 Å². The Hall–Kier alpha value is -3.67. The molecule has 0 amide bonds. The van der Waals surface area contributed by atoms with E-state index in [0.29, 0.717) is 13.0 Å². The van der Waals surface area contributed by atoms with Crippen molar-refractivity contribution < 1.29 is 31.4 Å². The largest absolute Gasteiger partial charge is 0.491 e. The van der Waals surface area contributed by atoms with Crippen LogP contribution in [0.15, 0.2) is 12.1 Å². The van der Waals surface area contributed by atoms with E-state index in [1.54, 1.807) is 0 Å². The van der Waals surface area contributed by atoms with Crippen LogP contribution in [0.4, 0.5) is 32.8 Å². The highest BCUT2D eigenvalue weighted by Gasteiger charge is 2.50. The van der Waals surface area contributed by atoms with Gasteiger partial charge in [0.1, 0.15) is 41.0 Å². The second kappa shape index (κ2) is 10.9. The minimum Gasteiger partial charge on any atom is -0.491 e. The van der Waals surface area contributed by atoms with Crippen molar-refractivity contribution in [1.29, 1.82) is 5.26 Å². The number of nitriles is 1. The first kappa shape index (κ1) is 30.7. The van der Waals surface area contributed by atoms with Crippen LogP contribution in [0, 0.1) is 23.0 Å². The minimum atomic E-state index is -3.07. The molecule has 47 heavy (non-hydrogen) atoms. The third-order valence-electron chi connectivity index (χ3n) is 10.1. The van der Waals surface area contributed by atoms with Crippen molar-refractivity contribution in [2.24, 2.45) is 0 Å². The maximum Gasteiger partial charge on any atom is 0.319 e. The van der Waals surface area contributed by atoms with Gasteiger partial charge in [0.05, 0.1) is 38.9 Å². The molecule has 15 heteroatoms. The lowest BCUT2D eigenvalue weighted by molar-refractivity contribution is -0.0539. The number of aromatic nitrogens is 2. The summed E-state index contributed by atoms with van der Waals surface area (Å²) >= 11 is 7.78. The predicted molar refractivity (Wildman–Crippen MR) is 168 cm³/mol. The lowest BCUT2D eigenvalue weighted by Gasteiger charge is -2.43. The Morgan fingerprint density at radius 1 is 1.17 bits per heavy atom. The second-order valence-electron chi connectivity index (χ2n) is 12.7. The number of nitrogens with two attached hydrogens (primary N) is 1. The molecule has 0 saturated carbocycles. The summed E-state index contributed by atoms with van der Waals surface area (Å²) in [7, 11) is 0. The lowest BCUT2D eigenvalue weighted by atomic mass is 9.93. The van der Waals surface area contributed by atoms with Gasteiger partial charge >= 0.3 is 6.01 Å². The molecule has 2 N–H and O–H groups in total. The number of nitrogen functional groups attached to an aromatic ring is 1. The smallest absolute Gasteiger partial charge is 0.319 e. The standard InChI is InChI=1S/C32H28ClF5N6O2S/c33-23-21(16-3-4-18(35)27-20(16)17(12-39)28(40)47-27)24(36)25-22-26(23)45-10-5-19-32(37,38)7-2-9-44(19)29(22)42-30(41-25)46-14-31-6-1-8-43(31)13-15(34)11-31/h3-4,15,19H,1-2,5-11,13-14,40H2/t15-,19?,31?/m1/s1. The molecule has 246 valence electrons. The number of halogens is 6. The molecule has 0 spiro atoms. The summed E-state index contributed by atoms with van der Waals surface area (Å²) in [6.07, 6.45) is 0.591. The van der Waals surface area contributed by atoms with E-state index >= 15 is 13.2 Å². The first-order chi connectivity index (χ1) is 22.5. The molecule has 0 radical (unpaired) electrons. The molecule has 2 aromatic carbocycles. The topological polar surface area (TPSA) is 101 Å². The Labute approximate surface area is 274 Å². The van der Waals surface area contributed by atoms with Crippen LogP contribution in [-0.4, -0.2) is 71.4 Å². The molecule has 6 heterocycles.